The second-order valence-electron chi connectivity index (χ2n) is 7.11. The summed E-state index contributed by atoms with van der Waals surface area (Å²) in [5.74, 6) is -0.0149. The third kappa shape index (κ3) is 5.23. The molecule has 0 radical (unpaired) electrons. The molecule has 0 unspecified atom stereocenters. The number of hydrogen-bond donors (Lipinski definition) is 1. The van der Waals surface area contributed by atoms with E-state index in [4.69, 9.17) is 16.3 Å². The summed E-state index contributed by atoms with van der Waals surface area (Å²) < 4.78 is 5.62. The van der Waals surface area contributed by atoms with Gasteiger partial charge in [0.15, 0.2) is 12.4 Å². The molecular formula is C27H20ClNO3. The van der Waals surface area contributed by atoms with Gasteiger partial charge in [0.25, 0.3) is 5.91 Å². The lowest BCUT2D eigenvalue weighted by Gasteiger charge is -2.12. The standard InChI is InChI=1S/C27H20ClNO3/c28-22-13-16-25(24(17-22)27(31)21-9-5-2-6-10-21)29-26(30)18-32-23-14-11-20(12-15-23)19-7-3-1-4-8-19/h1-17H,18H2,(H,29,30). The second kappa shape index (κ2) is 9.94. The van der Waals surface area contributed by atoms with Crippen molar-refractivity contribution >= 4 is 29.0 Å². The Bertz CT molecular complexity index is 1220. The minimum absolute atomic E-state index is 0.188. The van der Waals surface area contributed by atoms with E-state index in [9.17, 15) is 9.59 Å². The number of halogens is 1. The quantitative estimate of drug-likeness (QED) is 0.344. The SMILES string of the molecule is O=C(COc1ccc(-c2ccccc2)cc1)Nc1ccc(Cl)cc1C(=O)c1ccccc1. The van der Waals surface area contributed by atoms with Crippen LogP contribution in [0.25, 0.3) is 11.1 Å². The van der Waals surface area contributed by atoms with Gasteiger partial charge in [0.05, 0.1) is 5.69 Å². The van der Waals surface area contributed by atoms with E-state index >= 15 is 0 Å². The lowest BCUT2D eigenvalue weighted by Crippen LogP contribution is -2.21. The molecule has 158 valence electrons. The number of ether oxygens (including phenoxy) is 1. The monoisotopic (exact) mass is 441 g/mol. The Balaban J connectivity index is 1.42. The van der Waals surface area contributed by atoms with E-state index < -0.39 is 0 Å². The third-order valence-corrected chi connectivity index (χ3v) is 5.10. The van der Waals surface area contributed by atoms with Gasteiger partial charge in [-0.05, 0) is 41.5 Å². The molecule has 0 saturated carbocycles. The molecule has 4 nitrogen and oxygen atoms in total. The molecule has 4 aromatic rings. The van der Waals surface area contributed by atoms with Crippen molar-refractivity contribution in [3.8, 4) is 16.9 Å². The molecule has 5 heteroatoms. The van der Waals surface area contributed by atoms with Crippen LogP contribution in [0.3, 0.4) is 0 Å². The number of ketones is 1. The van der Waals surface area contributed by atoms with Gasteiger partial charge in [-0.3, -0.25) is 9.59 Å². The molecule has 1 amide bonds. The smallest absolute Gasteiger partial charge is 0.262 e. The van der Waals surface area contributed by atoms with Gasteiger partial charge in [-0.25, -0.2) is 0 Å². The molecule has 0 bridgehead atoms. The third-order valence-electron chi connectivity index (χ3n) is 4.87. The average molecular weight is 442 g/mol. The number of anilines is 1. The van der Waals surface area contributed by atoms with Crippen molar-refractivity contribution in [1.29, 1.82) is 0 Å². The molecule has 0 aliphatic rings. The maximum atomic E-state index is 12.9. The molecular weight excluding hydrogens is 422 g/mol. The molecule has 0 aromatic heterocycles. The summed E-state index contributed by atoms with van der Waals surface area (Å²) in [4.78, 5) is 25.4. The molecule has 0 atom stereocenters. The van der Waals surface area contributed by atoms with Crippen LogP contribution in [0.1, 0.15) is 15.9 Å². The highest BCUT2D eigenvalue weighted by molar-refractivity contribution is 6.31. The topological polar surface area (TPSA) is 55.4 Å². The van der Waals surface area contributed by atoms with E-state index in [0.29, 0.717) is 27.6 Å². The van der Waals surface area contributed by atoms with Crippen molar-refractivity contribution in [3.05, 3.63) is 119 Å². The Kier molecular flexibility index (Phi) is 6.63. The van der Waals surface area contributed by atoms with E-state index in [2.05, 4.69) is 5.32 Å². The van der Waals surface area contributed by atoms with E-state index in [1.54, 1.807) is 42.5 Å². The van der Waals surface area contributed by atoms with Gasteiger partial charge in [-0.1, -0.05) is 84.4 Å². The van der Waals surface area contributed by atoms with Crippen LogP contribution < -0.4 is 10.1 Å². The van der Waals surface area contributed by atoms with Gasteiger partial charge >= 0.3 is 0 Å². The van der Waals surface area contributed by atoms with E-state index in [1.165, 1.54) is 0 Å². The van der Waals surface area contributed by atoms with Crippen molar-refractivity contribution in [2.75, 3.05) is 11.9 Å². The number of amides is 1. The van der Waals surface area contributed by atoms with Crippen molar-refractivity contribution in [2.45, 2.75) is 0 Å². The summed E-state index contributed by atoms with van der Waals surface area (Å²) in [6, 6.07) is 31.2. The largest absolute Gasteiger partial charge is 0.484 e. The molecule has 0 fully saturated rings. The summed E-state index contributed by atoms with van der Waals surface area (Å²) in [5.41, 5.74) is 3.39. The van der Waals surface area contributed by atoms with Gasteiger partial charge in [0, 0.05) is 16.1 Å². The minimum atomic E-state index is -0.374. The van der Waals surface area contributed by atoms with E-state index in [-0.39, 0.29) is 18.3 Å². The Hall–Kier alpha value is -3.89. The van der Waals surface area contributed by atoms with Crippen LogP contribution in [0.5, 0.6) is 5.75 Å². The summed E-state index contributed by atoms with van der Waals surface area (Å²) in [7, 11) is 0. The van der Waals surface area contributed by atoms with Crippen LogP contribution in [0.15, 0.2) is 103 Å². The molecule has 0 aliphatic carbocycles. The van der Waals surface area contributed by atoms with Crippen LogP contribution in [0.2, 0.25) is 5.02 Å². The highest BCUT2D eigenvalue weighted by atomic mass is 35.5. The first-order valence-electron chi connectivity index (χ1n) is 10.1. The average Bonchev–Trinajstić information content (AvgIpc) is 2.85. The van der Waals surface area contributed by atoms with Gasteiger partial charge < -0.3 is 10.1 Å². The fourth-order valence-electron chi connectivity index (χ4n) is 3.27. The van der Waals surface area contributed by atoms with Gasteiger partial charge in [0.1, 0.15) is 5.75 Å². The van der Waals surface area contributed by atoms with E-state index in [1.807, 2.05) is 60.7 Å². The Morgan fingerprint density at radius 2 is 1.38 bits per heavy atom. The second-order valence-corrected chi connectivity index (χ2v) is 7.55. The highest BCUT2D eigenvalue weighted by Gasteiger charge is 2.16. The summed E-state index contributed by atoms with van der Waals surface area (Å²) >= 11 is 6.09. The summed E-state index contributed by atoms with van der Waals surface area (Å²) in [6.45, 7) is -0.188. The molecule has 0 saturated heterocycles. The predicted molar refractivity (Wildman–Crippen MR) is 127 cm³/mol. The molecule has 0 heterocycles. The maximum absolute atomic E-state index is 12.9. The number of rotatable bonds is 7. The highest BCUT2D eigenvalue weighted by Crippen LogP contribution is 2.24. The molecule has 4 rings (SSSR count). The lowest BCUT2D eigenvalue weighted by molar-refractivity contribution is -0.118. The summed E-state index contributed by atoms with van der Waals surface area (Å²) in [5, 5.41) is 3.17. The zero-order valence-corrected chi connectivity index (χ0v) is 17.9. The van der Waals surface area contributed by atoms with Crippen LogP contribution in [0, 0.1) is 0 Å². The van der Waals surface area contributed by atoms with Crippen LogP contribution in [-0.4, -0.2) is 18.3 Å². The molecule has 32 heavy (non-hydrogen) atoms. The fraction of sp³-hybridized carbons (Fsp3) is 0.0370. The van der Waals surface area contributed by atoms with Crippen molar-refractivity contribution in [2.24, 2.45) is 0 Å². The van der Waals surface area contributed by atoms with Crippen LogP contribution in [-0.2, 0) is 4.79 Å². The zero-order chi connectivity index (χ0) is 22.3. The number of carbonyl (C=O) groups is 2. The number of nitrogens with one attached hydrogen (secondary N) is 1. The zero-order valence-electron chi connectivity index (χ0n) is 17.1. The van der Waals surface area contributed by atoms with E-state index in [0.717, 1.165) is 11.1 Å². The van der Waals surface area contributed by atoms with Crippen molar-refractivity contribution in [1.82, 2.24) is 0 Å². The summed E-state index contributed by atoms with van der Waals surface area (Å²) in [6.07, 6.45) is 0. The normalized spacial score (nSPS) is 10.4. The Labute approximate surface area is 191 Å². The first kappa shape index (κ1) is 21.3. The molecule has 0 spiro atoms. The maximum Gasteiger partial charge on any atom is 0.262 e. The van der Waals surface area contributed by atoms with Crippen molar-refractivity contribution < 1.29 is 14.3 Å². The van der Waals surface area contributed by atoms with Crippen LogP contribution >= 0.6 is 11.6 Å². The number of carbonyl (C=O) groups excluding carboxylic acids is 2. The molecule has 1 N–H and O–H groups in total. The molecule has 4 aromatic carbocycles. The number of benzene rings is 4. The minimum Gasteiger partial charge on any atom is -0.484 e. The predicted octanol–water partition coefficient (Wildman–Crippen LogP) is 6.26. The lowest BCUT2D eigenvalue weighted by atomic mass is 10.0. The van der Waals surface area contributed by atoms with Crippen LogP contribution in [0.4, 0.5) is 5.69 Å². The Morgan fingerprint density at radius 1 is 0.750 bits per heavy atom. The van der Waals surface area contributed by atoms with Gasteiger partial charge in [-0.2, -0.15) is 0 Å². The van der Waals surface area contributed by atoms with Crippen molar-refractivity contribution in [3.63, 3.8) is 0 Å². The molecule has 0 aliphatic heterocycles. The first-order chi connectivity index (χ1) is 15.6. The Morgan fingerprint density at radius 3 is 2.06 bits per heavy atom. The van der Waals surface area contributed by atoms with Gasteiger partial charge in [0.2, 0.25) is 0 Å². The first-order valence-corrected chi connectivity index (χ1v) is 10.5. The van der Waals surface area contributed by atoms with Gasteiger partial charge in [-0.15, -0.1) is 0 Å². The fourth-order valence-corrected chi connectivity index (χ4v) is 3.44. The number of hydrogen-bond acceptors (Lipinski definition) is 3.